The Bertz CT molecular complexity index is 995. The van der Waals surface area contributed by atoms with Crippen molar-refractivity contribution in [3.63, 3.8) is 0 Å². The van der Waals surface area contributed by atoms with Gasteiger partial charge < -0.3 is 18.8 Å². The lowest BCUT2D eigenvalue weighted by Gasteiger charge is -2.08. The number of benzene rings is 1. The molecule has 0 radical (unpaired) electrons. The number of hydrogen-bond acceptors (Lipinski definition) is 7. The SMILES string of the molecule is COCCn1ccc2c(OCC(=O)Nc3nc(C(=O)OC)c(C)s3)cccc21. The summed E-state index contributed by atoms with van der Waals surface area (Å²) < 4.78 is 17.6. The van der Waals surface area contributed by atoms with Crippen LogP contribution in [-0.4, -0.2) is 48.9 Å². The van der Waals surface area contributed by atoms with Gasteiger partial charge in [0.15, 0.2) is 17.4 Å². The van der Waals surface area contributed by atoms with Gasteiger partial charge in [0, 0.05) is 30.1 Å². The van der Waals surface area contributed by atoms with Crippen molar-refractivity contribution in [2.75, 3.05) is 32.8 Å². The molecule has 0 aliphatic carbocycles. The number of rotatable bonds is 8. The van der Waals surface area contributed by atoms with Gasteiger partial charge in [-0.05, 0) is 25.1 Å². The summed E-state index contributed by atoms with van der Waals surface area (Å²) in [5, 5.41) is 3.90. The first-order valence-corrected chi connectivity index (χ1v) is 9.40. The maximum atomic E-state index is 12.2. The van der Waals surface area contributed by atoms with Crippen molar-refractivity contribution in [2.24, 2.45) is 0 Å². The van der Waals surface area contributed by atoms with Crippen molar-refractivity contribution in [2.45, 2.75) is 13.5 Å². The van der Waals surface area contributed by atoms with Crippen LogP contribution < -0.4 is 10.1 Å². The molecule has 2 heterocycles. The minimum atomic E-state index is -0.532. The Morgan fingerprint density at radius 1 is 1.25 bits per heavy atom. The van der Waals surface area contributed by atoms with E-state index in [1.807, 2.05) is 30.5 Å². The number of ether oxygens (including phenoxy) is 3. The largest absolute Gasteiger partial charge is 0.483 e. The van der Waals surface area contributed by atoms with Crippen LogP contribution in [0.1, 0.15) is 15.4 Å². The molecule has 148 valence electrons. The third-order valence-electron chi connectivity index (χ3n) is 4.09. The number of aromatic nitrogens is 2. The molecular weight excluding hydrogens is 382 g/mol. The summed E-state index contributed by atoms with van der Waals surface area (Å²) in [6, 6.07) is 7.64. The van der Waals surface area contributed by atoms with Crippen LogP contribution in [0.5, 0.6) is 5.75 Å². The lowest BCUT2D eigenvalue weighted by atomic mass is 10.2. The summed E-state index contributed by atoms with van der Waals surface area (Å²) in [4.78, 5) is 28.6. The van der Waals surface area contributed by atoms with E-state index < -0.39 is 5.97 Å². The Balaban J connectivity index is 1.65. The van der Waals surface area contributed by atoms with Crippen molar-refractivity contribution in [3.05, 3.63) is 41.0 Å². The highest BCUT2D eigenvalue weighted by Gasteiger charge is 2.17. The number of methoxy groups -OCH3 is 2. The van der Waals surface area contributed by atoms with Gasteiger partial charge in [0.2, 0.25) is 0 Å². The van der Waals surface area contributed by atoms with Gasteiger partial charge in [0.05, 0.1) is 19.2 Å². The van der Waals surface area contributed by atoms with Gasteiger partial charge in [-0.1, -0.05) is 6.07 Å². The van der Waals surface area contributed by atoms with Crippen molar-refractivity contribution in [1.29, 1.82) is 0 Å². The molecular formula is C19H21N3O5S. The molecule has 0 aliphatic heterocycles. The fourth-order valence-electron chi connectivity index (χ4n) is 2.74. The van der Waals surface area contributed by atoms with E-state index in [0.29, 0.717) is 22.4 Å². The van der Waals surface area contributed by atoms with E-state index in [1.54, 1.807) is 14.0 Å². The van der Waals surface area contributed by atoms with E-state index in [9.17, 15) is 9.59 Å². The van der Waals surface area contributed by atoms with Gasteiger partial charge in [-0.25, -0.2) is 9.78 Å². The highest BCUT2D eigenvalue weighted by Crippen LogP contribution is 2.27. The van der Waals surface area contributed by atoms with E-state index in [-0.39, 0.29) is 18.2 Å². The van der Waals surface area contributed by atoms with Crippen LogP contribution in [0.3, 0.4) is 0 Å². The maximum Gasteiger partial charge on any atom is 0.357 e. The average Bonchev–Trinajstić information content (AvgIpc) is 3.27. The molecule has 1 N–H and O–H groups in total. The molecule has 0 aliphatic rings. The molecule has 0 saturated carbocycles. The lowest BCUT2D eigenvalue weighted by Crippen LogP contribution is -2.20. The Labute approximate surface area is 166 Å². The number of carbonyl (C=O) groups is 2. The molecule has 1 aromatic carbocycles. The summed E-state index contributed by atoms with van der Waals surface area (Å²) >= 11 is 1.21. The second-order valence-electron chi connectivity index (χ2n) is 5.94. The quantitative estimate of drug-likeness (QED) is 0.582. The fourth-order valence-corrected chi connectivity index (χ4v) is 3.56. The molecule has 28 heavy (non-hydrogen) atoms. The summed E-state index contributed by atoms with van der Waals surface area (Å²) in [7, 11) is 2.95. The van der Waals surface area contributed by atoms with Crippen LogP contribution in [0.15, 0.2) is 30.5 Å². The molecule has 2 aromatic heterocycles. The van der Waals surface area contributed by atoms with Gasteiger partial charge in [-0.3, -0.25) is 10.1 Å². The van der Waals surface area contributed by atoms with E-state index in [2.05, 4.69) is 19.6 Å². The van der Waals surface area contributed by atoms with Gasteiger partial charge in [-0.15, -0.1) is 11.3 Å². The summed E-state index contributed by atoms with van der Waals surface area (Å²) in [6.45, 7) is 2.91. The number of carbonyl (C=O) groups excluding carboxylic acids is 2. The standard InChI is InChI=1S/C19H21N3O5S/c1-12-17(18(24)26-3)21-19(28-12)20-16(23)11-27-15-6-4-5-14-13(15)7-8-22(14)9-10-25-2/h4-8H,9-11H2,1-3H3,(H,20,21,23). The molecule has 0 saturated heterocycles. The van der Waals surface area contributed by atoms with E-state index in [1.165, 1.54) is 18.4 Å². The first kappa shape index (κ1) is 19.8. The number of amides is 1. The van der Waals surface area contributed by atoms with E-state index in [0.717, 1.165) is 17.4 Å². The van der Waals surface area contributed by atoms with Gasteiger partial charge >= 0.3 is 5.97 Å². The smallest absolute Gasteiger partial charge is 0.357 e. The zero-order valence-corrected chi connectivity index (χ0v) is 16.7. The molecule has 0 spiro atoms. The van der Waals surface area contributed by atoms with Crippen LogP contribution >= 0.6 is 11.3 Å². The second kappa shape index (κ2) is 8.85. The summed E-state index contributed by atoms with van der Waals surface area (Å²) in [6.07, 6.45) is 1.96. The molecule has 0 bridgehead atoms. The first-order valence-electron chi connectivity index (χ1n) is 8.58. The number of thiazole rings is 1. The predicted molar refractivity (Wildman–Crippen MR) is 106 cm³/mol. The van der Waals surface area contributed by atoms with Crippen LogP contribution in [0.2, 0.25) is 0 Å². The third kappa shape index (κ3) is 4.32. The average molecular weight is 403 g/mol. The Morgan fingerprint density at radius 2 is 2.07 bits per heavy atom. The Kier molecular flexibility index (Phi) is 6.27. The number of nitrogens with zero attached hydrogens (tertiary/aromatic N) is 2. The van der Waals surface area contributed by atoms with Crippen LogP contribution in [0.4, 0.5) is 5.13 Å². The van der Waals surface area contributed by atoms with Crippen LogP contribution in [-0.2, 0) is 20.8 Å². The Morgan fingerprint density at radius 3 is 2.82 bits per heavy atom. The van der Waals surface area contributed by atoms with Crippen LogP contribution in [0.25, 0.3) is 10.9 Å². The topological polar surface area (TPSA) is 91.7 Å². The Hall–Kier alpha value is -2.91. The minimum absolute atomic E-state index is 0.172. The summed E-state index contributed by atoms with van der Waals surface area (Å²) in [5.74, 6) is -0.273. The number of nitrogens with one attached hydrogen (secondary N) is 1. The molecule has 0 unspecified atom stereocenters. The highest BCUT2D eigenvalue weighted by molar-refractivity contribution is 7.16. The normalized spacial score (nSPS) is 10.8. The number of esters is 1. The van der Waals surface area contributed by atoms with Crippen molar-refractivity contribution in [3.8, 4) is 5.75 Å². The van der Waals surface area contributed by atoms with Gasteiger partial charge in [0.25, 0.3) is 5.91 Å². The van der Waals surface area contributed by atoms with Crippen LogP contribution in [0, 0.1) is 6.92 Å². The number of aryl methyl sites for hydroxylation is 1. The van der Waals surface area contributed by atoms with Gasteiger partial charge in [0.1, 0.15) is 5.75 Å². The van der Waals surface area contributed by atoms with E-state index in [4.69, 9.17) is 9.47 Å². The molecule has 8 nitrogen and oxygen atoms in total. The van der Waals surface area contributed by atoms with Gasteiger partial charge in [-0.2, -0.15) is 0 Å². The monoisotopic (exact) mass is 403 g/mol. The van der Waals surface area contributed by atoms with Crippen molar-refractivity contribution < 1.29 is 23.8 Å². The molecule has 0 atom stereocenters. The third-order valence-corrected chi connectivity index (χ3v) is 4.98. The number of fused-ring (bicyclic) bond motifs is 1. The maximum absolute atomic E-state index is 12.2. The highest BCUT2D eigenvalue weighted by atomic mass is 32.1. The molecule has 3 aromatic rings. The molecule has 3 rings (SSSR count). The van der Waals surface area contributed by atoms with Crippen molar-refractivity contribution >= 4 is 39.2 Å². The molecule has 1 amide bonds. The molecule has 0 fully saturated rings. The predicted octanol–water partition coefficient (Wildman–Crippen LogP) is 2.86. The van der Waals surface area contributed by atoms with E-state index >= 15 is 0 Å². The number of hydrogen-bond donors (Lipinski definition) is 1. The zero-order valence-electron chi connectivity index (χ0n) is 15.9. The molecule has 9 heteroatoms. The number of anilines is 1. The minimum Gasteiger partial charge on any atom is -0.483 e. The zero-order chi connectivity index (χ0) is 20.1. The van der Waals surface area contributed by atoms with Crippen molar-refractivity contribution in [1.82, 2.24) is 9.55 Å². The summed E-state index contributed by atoms with van der Waals surface area (Å²) in [5.41, 5.74) is 1.21. The first-order chi connectivity index (χ1) is 13.5. The lowest BCUT2D eigenvalue weighted by molar-refractivity contribution is -0.118. The fraction of sp³-hybridized carbons (Fsp3) is 0.316. The second-order valence-corrected chi connectivity index (χ2v) is 7.15.